The van der Waals surface area contributed by atoms with Crippen molar-refractivity contribution in [2.75, 3.05) is 54.1 Å². The Labute approximate surface area is 334 Å². The summed E-state index contributed by atoms with van der Waals surface area (Å²) < 4.78 is 35.0. The van der Waals surface area contributed by atoms with Gasteiger partial charge < -0.3 is 18.9 Å². The van der Waals surface area contributed by atoms with Crippen LogP contribution in [0.2, 0.25) is 0 Å². The first-order chi connectivity index (χ1) is 26.1. The summed E-state index contributed by atoms with van der Waals surface area (Å²) in [7, 11) is 1.67. The van der Waals surface area contributed by atoms with E-state index in [9.17, 15) is 14.3 Å². The molecule has 2 atom stereocenters. The van der Waals surface area contributed by atoms with E-state index in [2.05, 4.69) is 38.2 Å². The highest BCUT2D eigenvalue weighted by Crippen LogP contribution is 2.43. The van der Waals surface area contributed by atoms with Crippen LogP contribution in [-0.2, 0) is 27.9 Å². The molecule has 0 aliphatic heterocycles. The van der Waals surface area contributed by atoms with Gasteiger partial charge in [-0.05, 0) is 38.5 Å². The monoisotopic (exact) mass is 787 g/mol. The zero-order chi connectivity index (χ0) is 39.9. The van der Waals surface area contributed by atoms with Gasteiger partial charge in [0.25, 0.3) is 0 Å². The highest BCUT2D eigenvalue weighted by atomic mass is 31.2. The average molecular weight is 787 g/mol. The van der Waals surface area contributed by atoms with E-state index in [1.165, 1.54) is 135 Å². The quantitative estimate of drug-likeness (QED) is 0.0217. The first-order valence-corrected chi connectivity index (χ1v) is 24.1. The number of rotatable bonds is 42. The molecule has 0 aromatic carbocycles. The summed E-state index contributed by atoms with van der Waals surface area (Å²) in [5.74, 6) is -0.315. The Morgan fingerprint density at radius 2 is 1.06 bits per heavy atom. The highest BCUT2D eigenvalue weighted by Gasteiger charge is 2.26. The number of ether oxygens (including phenoxy) is 2. The van der Waals surface area contributed by atoms with Gasteiger partial charge in [0.15, 0.2) is 0 Å². The Balaban J connectivity index is 4.19. The molecule has 54 heavy (non-hydrogen) atoms. The number of phosphoric ester groups is 1. The predicted octanol–water partition coefficient (Wildman–Crippen LogP) is 13.2. The van der Waals surface area contributed by atoms with Gasteiger partial charge in [0, 0.05) is 13.0 Å². The normalized spacial score (nSPS) is 14.0. The second-order valence-electron chi connectivity index (χ2n) is 16.4. The lowest BCUT2D eigenvalue weighted by Gasteiger charge is -2.24. The zero-order valence-electron chi connectivity index (χ0n) is 36.2. The van der Waals surface area contributed by atoms with Gasteiger partial charge in [-0.3, -0.25) is 13.8 Å². The fourth-order valence-electron chi connectivity index (χ4n) is 6.24. The maximum atomic E-state index is 12.7. The molecule has 0 spiro atoms. The molecule has 8 nitrogen and oxygen atoms in total. The number of nitrogens with zero attached hydrogens (tertiary/aromatic N) is 1. The Hall–Kier alpha value is -1.02. The lowest BCUT2D eigenvalue weighted by Crippen LogP contribution is -2.37. The van der Waals surface area contributed by atoms with Gasteiger partial charge in [-0.2, -0.15) is 0 Å². The molecule has 0 aliphatic carbocycles. The first-order valence-electron chi connectivity index (χ1n) is 22.6. The SMILES string of the molecule is CCC/C=C\C/C=C\CCCCCCCCOCC(COP(=O)(O)OCC[N+](C)(C)C)OC(=O)CCCCCCCCCCCCCCCCCCCC. The zero-order valence-corrected chi connectivity index (χ0v) is 37.1. The Morgan fingerprint density at radius 1 is 0.574 bits per heavy atom. The summed E-state index contributed by atoms with van der Waals surface area (Å²) in [6, 6.07) is 0. The minimum absolute atomic E-state index is 0.0883. The topological polar surface area (TPSA) is 91.3 Å². The van der Waals surface area contributed by atoms with Crippen molar-refractivity contribution in [3.63, 3.8) is 0 Å². The number of hydrogen-bond donors (Lipinski definition) is 1. The van der Waals surface area contributed by atoms with E-state index in [4.69, 9.17) is 18.5 Å². The summed E-state index contributed by atoms with van der Waals surface area (Å²) >= 11 is 0. The standard InChI is InChI=1S/C45H88NO7P/c1-6-8-10-12-14-16-18-20-22-23-24-25-26-28-30-32-34-36-38-45(47)53-44(43-52-54(48,49)51-41-39-46(3,4)5)42-50-40-37-35-33-31-29-27-21-19-17-15-13-11-9-7-2/h11,13,17,19,44H,6-10,12,14-16,18,20-43H2,1-5H3/p+1/b13-11-,19-17-. The van der Waals surface area contributed by atoms with Gasteiger partial charge in [0.2, 0.25) is 0 Å². The number of hydrogen-bond acceptors (Lipinski definition) is 6. The van der Waals surface area contributed by atoms with Crippen molar-refractivity contribution in [2.24, 2.45) is 0 Å². The summed E-state index contributed by atoms with van der Waals surface area (Å²) in [5, 5.41) is 0. The molecule has 0 saturated heterocycles. The third-order valence-corrected chi connectivity index (χ3v) is 10.7. The molecule has 0 aliphatic rings. The third kappa shape index (κ3) is 42.1. The van der Waals surface area contributed by atoms with Crippen LogP contribution in [0, 0.1) is 0 Å². The molecule has 0 amide bonds. The van der Waals surface area contributed by atoms with Gasteiger partial charge >= 0.3 is 13.8 Å². The molecule has 0 aromatic heterocycles. The molecule has 0 bridgehead atoms. The Bertz CT molecular complexity index is 920. The Kier molecular flexibility index (Phi) is 38.1. The summed E-state index contributed by atoms with van der Waals surface area (Å²) in [4.78, 5) is 22.9. The number of carbonyl (C=O) groups excluding carboxylic acids is 1. The molecule has 320 valence electrons. The molecule has 0 rings (SSSR count). The van der Waals surface area contributed by atoms with Gasteiger partial charge in [0.1, 0.15) is 19.3 Å². The van der Waals surface area contributed by atoms with E-state index in [1.54, 1.807) is 0 Å². The van der Waals surface area contributed by atoms with Crippen LogP contribution in [0.25, 0.3) is 0 Å². The van der Waals surface area contributed by atoms with Crippen LogP contribution in [0.3, 0.4) is 0 Å². The maximum Gasteiger partial charge on any atom is 0.472 e. The van der Waals surface area contributed by atoms with E-state index >= 15 is 0 Å². The van der Waals surface area contributed by atoms with Crippen LogP contribution in [0.5, 0.6) is 0 Å². The molecule has 0 fully saturated rings. The van der Waals surface area contributed by atoms with Crippen molar-refractivity contribution < 1.29 is 37.3 Å². The van der Waals surface area contributed by atoms with Crippen LogP contribution in [0.15, 0.2) is 24.3 Å². The first kappa shape index (κ1) is 53.0. The predicted molar refractivity (Wildman–Crippen MR) is 229 cm³/mol. The van der Waals surface area contributed by atoms with Crippen LogP contribution in [-0.4, -0.2) is 75.6 Å². The summed E-state index contributed by atoms with van der Waals surface area (Å²) in [6.07, 6.45) is 43.5. The van der Waals surface area contributed by atoms with Crippen LogP contribution in [0.4, 0.5) is 0 Å². The summed E-state index contributed by atoms with van der Waals surface area (Å²) in [6.45, 7) is 5.57. The fourth-order valence-corrected chi connectivity index (χ4v) is 6.98. The average Bonchev–Trinajstić information content (AvgIpc) is 3.12. The van der Waals surface area contributed by atoms with Gasteiger partial charge in [-0.1, -0.05) is 179 Å². The number of allylic oxidation sites excluding steroid dienone is 4. The molecule has 0 heterocycles. The number of carbonyl (C=O) groups is 1. The van der Waals surface area contributed by atoms with Gasteiger partial charge in [-0.25, -0.2) is 4.57 Å². The number of likely N-dealkylation sites (N-methyl/N-ethyl adjacent to an activating group) is 1. The number of esters is 1. The summed E-state index contributed by atoms with van der Waals surface area (Å²) in [5.41, 5.74) is 0. The molecule has 0 radical (unpaired) electrons. The third-order valence-electron chi connectivity index (χ3n) is 9.75. The van der Waals surface area contributed by atoms with E-state index < -0.39 is 13.9 Å². The van der Waals surface area contributed by atoms with E-state index in [0.717, 1.165) is 44.9 Å². The minimum atomic E-state index is -4.27. The highest BCUT2D eigenvalue weighted by molar-refractivity contribution is 7.47. The van der Waals surface area contributed by atoms with Crippen LogP contribution < -0.4 is 0 Å². The van der Waals surface area contributed by atoms with Crippen molar-refractivity contribution in [2.45, 2.75) is 206 Å². The molecule has 0 aromatic rings. The minimum Gasteiger partial charge on any atom is -0.457 e. The molecule has 1 N–H and O–H groups in total. The molecular formula is C45H89NO7P+. The molecular weight excluding hydrogens is 697 g/mol. The lowest BCUT2D eigenvalue weighted by atomic mass is 10.0. The van der Waals surface area contributed by atoms with Crippen molar-refractivity contribution in [1.29, 1.82) is 0 Å². The van der Waals surface area contributed by atoms with E-state index in [0.29, 0.717) is 24.1 Å². The van der Waals surface area contributed by atoms with Crippen LogP contribution in [0.1, 0.15) is 200 Å². The van der Waals surface area contributed by atoms with Crippen molar-refractivity contribution >= 4 is 13.8 Å². The lowest BCUT2D eigenvalue weighted by molar-refractivity contribution is -0.870. The molecule has 0 saturated carbocycles. The van der Waals surface area contributed by atoms with Crippen molar-refractivity contribution in [3.05, 3.63) is 24.3 Å². The van der Waals surface area contributed by atoms with Gasteiger partial charge in [0.05, 0.1) is 34.4 Å². The number of quaternary nitrogens is 1. The number of phosphoric acid groups is 1. The fraction of sp³-hybridized carbons (Fsp3) is 0.889. The smallest absolute Gasteiger partial charge is 0.457 e. The largest absolute Gasteiger partial charge is 0.472 e. The number of unbranched alkanes of at least 4 members (excludes halogenated alkanes) is 24. The maximum absolute atomic E-state index is 12.7. The van der Waals surface area contributed by atoms with E-state index in [-0.39, 0.29) is 25.8 Å². The van der Waals surface area contributed by atoms with Gasteiger partial charge in [-0.15, -0.1) is 0 Å². The second-order valence-corrected chi connectivity index (χ2v) is 17.9. The van der Waals surface area contributed by atoms with Crippen LogP contribution >= 0.6 is 7.82 Å². The molecule has 2 unspecified atom stereocenters. The Morgan fingerprint density at radius 3 is 1.57 bits per heavy atom. The second kappa shape index (κ2) is 38.8. The van der Waals surface area contributed by atoms with Crippen molar-refractivity contribution in [3.8, 4) is 0 Å². The van der Waals surface area contributed by atoms with Crippen molar-refractivity contribution in [1.82, 2.24) is 0 Å². The molecule has 9 heteroatoms. The van der Waals surface area contributed by atoms with E-state index in [1.807, 2.05) is 21.1 Å².